The first-order valence-corrected chi connectivity index (χ1v) is 15.8. The van der Waals surface area contributed by atoms with E-state index in [-0.39, 0.29) is 21.5 Å². The molecule has 0 radical (unpaired) electrons. The van der Waals surface area contributed by atoms with Crippen LogP contribution in [0.25, 0.3) is 21.2 Å². The van der Waals surface area contributed by atoms with E-state index in [0.717, 1.165) is 28.1 Å². The van der Waals surface area contributed by atoms with Crippen LogP contribution in [0.1, 0.15) is 41.3 Å². The molecule has 1 saturated heterocycles. The molecule has 42 heavy (non-hydrogen) atoms. The van der Waals surface area contributed by atoms with Gasteiger partial charge in [-0.3, -0.25) is 9.59 Å². The van der Waals surface area contributed by atoms with E-state index in [0.29, 0.717) is 40.6 Å². The highest BCUT2D eigenvalue weighted by Crippen LogP contribution is 2.31. The summed E-state index contributed by atoms with van der Waals surface area (Å²) in [7, 11) is -3.68. The zero-order valence-electron chi connectivity index (χ0n) is 23.1. The van der Waals surface area contributed by atoms with Gasteiger partial charge >= 0.3 is 0 Å². The molecule has 1 amide bonds. The van der Waals surface area contributed by atoms with Crippen molar-refractivity contribution < 1.29 is 17.6 Å². The SMILES string of the molecule is Cc1ccc2nc(N(/N=C/c3coc4ccccc4c3=O)C(=O)c3ccc(S(=O)(=O)N4CCCC(C)C4)cc3)sc2c1. The number of benzene rings is 3. The summed E-state index contributed by atoms with van der Waals surface area (Å²) in [5, 5.41) is 6.23. The molecular weight excluding hydrogens is 572 g/mol. The van der Waals surface area contributed by atoms with Gasteiger partial charge < -0.3 is 4.42 Å². The highest BCUT2D eigenvalue weighted by molar-refractivity contribution is 7.89. The number of anilines is 1. The average molecular weight is 601 g/mol. The van der Waals surface area contributed by atoms with Crippen molar-refractivity contribution in [2.24, 2.45) is 11.0 Å². The number of hydrazone groups is 1. The maximum atomic E-state index is 13.8. The number of sulfonamides is 1. The van der Waals surface area contributed by atoms with E-state index in [4.69, 9.17) is 4.42 Å². The molecule has 3 heterocycles. The molecule has 1 unspecified atom stereocenters. The number of aryl methyl sites for hydroxylation is 1. The fourth-order valence-electron chi connectivity index (χ4n) is 5.01. The van der Waals surface area contributed by atoms with Gasteiger partial charge in [-0.25, -0.2) is 13.4 Å². The third kappa shape index (κ3) is 5.38. The summed E-state index contributed by atoms with van der Waals surface area (Å²) in [4.78, 5) is 31.6. The smallest absolute Gasteiger partial charge is 0.280 e. The van der Waals surface area contributed by atoms with E-state index in [9.17, 15) is 18.0 Å². The van der Waals surface area contributed by atoms with Crippen LogP contribution in [0.3, 0.4) is 0 Å². The van der Waals surface area contributed by atoms with Crippen molar-refractivity contribution in [3.8, 4) is 0 Å². The number of carbonyl (C=O) groups excluding carboxylic acids is 1. The topological polar surface area (TPSA) is 113 Å². The van der Waals surface area contributed by atoms with Crippen molar-refractivity contribution in [1.29, 1.82) is 0 Å². The van der Waals surface area contributed by atoms with Crippen LogP contribution >= 0.6 is 11.3 Å². The lowest BCUT2D eigenvalue weighted by atomic mass is 10.0. The Morgan fingerprint density at radius 3 is 2.71 bits per heavy atom. The summed E-state index contributed by atoms with van der Waals surface area (Å²) >= 11 is 1.29. The highest BCUT2D eigenvalue weighted by Gasteiger charge is 2.29. The first-order chi connectivity index (χ1) is 20.2. The summed E-state index contributed by atoms with van der Waals surface area (Å²) in [6.45, 7) is 4.98. The average Bonchev–Trinajstić information content (AvgIpc) is 3.41. The van der Waals surface area contributed by atoms with Gasteiger partial charge in [0.1, 0.15) is 11.8 Å². The van der Waals surface area contributed by atoms with Gasteiger partial charge in [0.25, 0.3) is 5.91 Å². The Balaban J connectivity index is 1.36. The lowest BCUT2D eigenvalue weighted by Gasteiger charge is -2.30. The number of rotatable bonds is 6. The molecule has 0 bridgehead atoms. The van der Waals surface area contributed by atoms with Gasteiger partial charge in [0.15, 0.2) is 0 Å². The van der Waals surface area contributed by atoms with Crippen LogP contribution in [0.4, 0.5) is 5.13 Å². The summed E-state index contributed by atoms with van der Waals surface area (Å²) in [5.74, 6) is -0.230. The molecule has 3 aromatic carbocycles. The molecule has 0 spiro atoms. The van der Waals surface area contributed by atoms with Gasteiger partial charge in [0.05, 0.1) is 32.3 Å². The standard InChI is InChI=1S/C31H28N4O5S2/c1-20-9-14-26-28(16-20)41-31(33-26)35(32-17-23-19-40-27-8-4-3-7-25(27)29(23)36)30(37)22-10-12-24(13-11-22)42(38,39)34-15-5-6-21(2)18-34/h3-4,7-14,16-17,19,21H,5-6,15,18H2,1-2H3/b32-17+. The Kier molecular flexibility index (Phi) is 7.48. The van der Waals surface area contributed by atoms with Crippen molar-refractivity contribution in [3.05, 3.63) is 99.9 Å². The number of fused-ring (bicyclic) bond motifs is 2. The maximum absolute atomic E-state index is 13.8. The fraction of sp³-hybridized carbons (Fsp3) is 0.226. The lowest BCUT2D eigenvalue weighted by Crippen LogP contribution is -2.39. The first-order valence-electron chi connectivity index (χ1n) is 13.6. The number of amides is 1. The number of piperidine rings is 1. The zero-order chi connectivity index (χ0) is 29.4. The van der Waals surface area contributed by atoms with Crippen LogP contribution < -0.4 is 10.4 Å². The number of hydrogen-bond acceptors (Lipinski definition) is 8. The molecule has 1 aliphatic rings. The Labute approximate surface area is 246 Å². The molecule has 6 rings (SSSR count). The predicted molar refractivity (Wildman–Crippen MR) is 165 cm³/mol. The van der Waals surface area contributed by atoms with Crippen LogP contribution in [0, 0.1) is 12.8 Å². The molecule has 5 aromatic rings. The van der Waals surface area contributed by atoms with Crippen LogP contribution in [0.5, 0.6) is 0 Å². The molecule has 1 fully saturated rings. The second-order valence-corrected chi connectivity index (χ2v) is 13.4. The predicted octanol–water partition coefficient (Wildman–Crippen LogP) is 5.81. The minimum atomic E-state index is -3.68. The van der Waals surface area contributed by atoms with Gasteiger partial charge in [-0.2, -0.15) is 14.4 Å². The number of aromatic nitrogens is 1. The Morgan fingerprint density at radius 2 is 1.93 bits per heavy atom. The van der Waals surface area contributed by atoms with Crippen LogP contribution in [-0.2, 0) is 10.0 Å². The molecule has 1 atom stereocenters. The Morgan fingerprint density at radius 1 is 1.14 bits per heavy atom. The third-order valence-corrected chi connectivity index (χ3v) is 10.2. The number of thiazole rings is 1. The van der Waals surface area contributed by atoms with Gasteiger partial charge in [-0.15, -0.1) is 0 Å². The summed E-state index contributed by atoms with van der Waals surface area (Å²) < 4.78 is 34.5. The van der Waals surface area contributed by atoms with Crippen molar-refractivity contribution in [1.82, 2.24) is 9.29 Å². The lowest BCUT2D eigenvalue weighted by molar-refractivity contribution is 0.0987. The first kappa shape index (κ1) is 28.0. The van der Waals surface area contributed by atoms with E-state index in [1.807, 2.05) is 32.0 Å². The number of carbonyl (C=O) groups is 1. The van der Waals surface area contributed by atoms with E-state index < -0.39 is 15.9 Å². The summed E-state index contributed by atoms with van der Waals surface area (Å²) in [6, 6.07) is 18.5. The third-order valence-electron chi connectivity index (χ3n) is 7.28. The molecule has 0 saturated carbocycles. The summed E-state index contributed by atoms with van der Waals surface area (Å²) in [6.07, 6.45) is 4.41. The normalized spacial score (nSPS) is 16.4. The quantitative estimate of drug-likeness (QED) is 0.180. The van der Waals surface area contributed by atoms with Crippen molar-refractivity contribution in [2.75, 3.05) is 18.1 Å². The van der Waals surface area contributed by atoms with Gasteiger partial charge in [0, 0.05) is 18.7 Å². The van der Waals surface area contributed by atoms with Crippen LogP contribution in [0.15, 0.2) is 92.2 Å². The van der Waals surface area contributed by atoms with Crippen LogP contribution in [0.2, 0.25) is 0 Å². The fourth-order valence-corrected chi connectivity index (χ4v) is 7.63. The molecular formula is C31H28N4O5S2. The number of nitrogens with zero attached hydrogens (tertiary/aromatic N) is 4. The minimum Gasteiger partial charge on any atom is -0.463 e. The molecule has 2 aromatic heterocycles. The van der Waals surface area contributed by atoms with Gasteiger partial charge in [0.2, 0.25) is 20.6 Å². The molecule has 1 aliphatic heterocycles. The Bertz CT molecular complexity index is 2000. The molecule has 9 nitrogen and oxygen atoms in total. The van der Waals surface area contributed by atoms with Crippen molar-refractivity contribution >= 4 is 59.8 Å². The summed E-state index contributed by atoms with van der Waals surface area (Å²) in [5.41, 5.74) is 2.31. The number of hydrogen-bond donors (Lipinski definition) is 0. The Hall–Kier alpha value is -4.19. The van der Waals surface area contributed by atoms with E-state index in [2.05, 4.69) is 10.1 Å². The van der Waals surface area contributed by atoms with Crippen LogP contribution in [-0.4, -0.2) is 42.9 Å². The molecule has 0 N–H and O–H groups in total. The van der Waals surface area contributed by atoms with E-state index >= 15 is 0 Å². The zero-order valence-corrected chi connectivity index (χ0v) is 24.7. The number of para-hydroxylation sites is 1. The van der Waals surface area contributed by atoms with E-state index in [1.165, 1.54) is 52.4 Å². The monoisotopic (exact) mass is 600 g/mol. The molecule has 0 aliphatic carbocycles. The second-order valence-electron chi connectivity index (χ2n) is 10.5. The molecule has 214 valence electrons. The molecule has 11 heteroatoms. The minimum absolute atomic E-state index is 0.132. The van der Waals surface area contributed by atoms with Gasteiger partial charge in [-0.05, 0) is 79.8 Å². The highest BCUT2D eigenvalue weighted by atomic mass is 32.2. The second kappa shape index (κ2) is 11.2. The van der Waals surface area contributed by atoms with Crippen molar-refractivity contribution in [3.63, 3.8) is 0 Å². The van der Waals surface area contributed by atoms with E-state index in [1.54, 1.807) is 24.3 Å². The maximum Gasteiger partial charge on any atom is 0.280 e. The van der Waals surface area contributed by atoms with Gasteiger partial charge in [-0.1, -0.05) is 36.5 Å². The largest absolute Gasteiger partial charge is 0.463 e. The van der Waals surface area contributed by atoms with Crippen molar-refractivity contribution in [2.45, 2.75) is 31.6 Å².